The molecule has 4 aliphatic rings. The molecular weight excluding hydrogens is 336 g/mol. The Kier molecular flexibility index (Phi) is 4.17. The van der Waals surface area contributed by atoms with Crippen molar-refractivity contribution in [1.29, 1.82) is 0 Å². The lowest BCUT2D eigenvalue weighted by Gasteiger charge is -2.55. The second kappa shape index (κ2) is 5.94. The van der Waals surface area contributed by atoms with Gasteiger partial charge in [0.05, 0.1) is 0 Å². The quantitative estimate of drug-likeness (QED) is 0.499. The van der Waals surface area contributed by atoms with Crippen molar-refractivity contribution in [2.24, 2.45) is 29.1 Å². The highest BCUT2D eigenvalue weighted by Gasteiger charge is 2.63. The molecule has 0 bridgehead atoms. The zero-order valence-electron chi connectivity index (χ0n) is 16.7. The molecule has 4 aliphatic carbocycles. The van der Waals surface area contributed by atoms with Crippen LogP contribution in [0.4, 0.5) is 0 Å². The molecule has 0 amide bonds. The number of terminal acetylenes is 1. The molecule has 0 unspecified atom stereocenters. The highest BCUT2D eigenvalue weighted by Crippen LogP contribution is 2.64. The third kappa shape index (κ3) is 2.60. The molecule has 0 aromatic carbocycles. The average molecular weight is 369 g/mol. The standard InChI is InChI=1S/C23H32O2Si/c1-6-23(25-26(3,4)5)14-12-21-20-9-7-16-15-17(24)8-10-18(16)19(20)11-13-22(21,23)2/h1,7,9,15,18-21H,8,10-14H2,2-5H3/t18-,19-,20+,21+,22-,23+/m0/s1. The molecule has 4 rings (SSSR count). The third-order valence-electron chi connectivity index (χ3n) is 7.70. The molecule has 0 saturated heterocycles. The summed E-state index contributed by atoms with van der Waals surface area (Å²) in [7, 11) is -1.73. The number of carbonyl (C=O) groups is 1. The maximum absolute atomic E-state index is 11.8. The summed E-state index contributed by atoms with van der Waals surface area (Å²) in [4.78, 5) is 11.8. The monoisotopic (exact) mass is 368 g/mol. The fraction of sp³-hybridized carbons (Fsp3) is 0.696. The minimum Gasteiger partial charge on any atom is -0.401 e. The smallest absolute Gasteiger partial charge is 0.185 e. The summed E-state index contributed by atoms with van der Waals surface area (Å²) < 4.78 is 6.73. The largest absolute Gasteiger partial charge is 0.401 e. The lowest BCUT2D eigenvalue weighted by Crippen LogP contribution is -2.55. The van der Waals surface area contributed by atoms with E-state index in [-0.39, 0.29) is 11.0 Å². The maximum atomic E-state index is 11.8. The van der Waals surface area contributed by atoms with Crippen LogP contribution < -0.4 is 0 Å². The second-order valence-corrected chi connectivity index (χ2v) is 14.6. The van der Waals surface area contributed by atoms with E-state index in [4.69, 9.17) is 10.8 Å². The Labute approximate surface area is 159 Å². The highest BCUT2D eigenvalue weighted by molar-refractivity contribution is 6.69. The van der Waals surface area contributed by atoms with Crippen LogP contribution in [-0.2, 0) is 9.22 Å². The molecule has 0 radical (unpaired) electrons. The Bertz CT molecular complexity index is 721. The lowest BCUT2D eigenvalue weighted by atomic mass is 9.52. The van der Waals surface area contributed by atoms with Crippen LogP contribution in [0.3, 0.4) is 0 Å². The van der Waals surface area contributed by atoms with E-state index in [1.165, 1.54) is 18.4 Å². The predicted octanol–water partition coefficient (Wildman–Crippen LogP) is 5.13. The van der Waals surface area contributed by atoms with Gasteiger partial charge in [-0.1, -0.05) is 25.0 Å². The third-order valence-corrected chi connectivity index (χ3v) is 8.66. The number of rotatable bonds is 2. The molecule has 0 heterocycles. The van der Waals surface area contributed by atoms with E-state index in [1.54, 1.807) is 0 Å². The summed E-state index contributed by atoms with van der Waals surface area (Å²) in [5.41, 5.74) is 0.962. The topological polar surface area (TPSA) is 26.3 Å². The molecule has 0 aromatic heterocycles. The summed E-state index contributed by atoms with van der Waals surface area (Å²) >= 11 is 0. The first-order valence-corrected chi connectivity index (χ1v) is 13.7. The summed E-state index contributed by atoms with van der Waals surface area (Å²) in [6.45, 7) is 9.17. The van der Waals surface area contributed by atoms with E-state index >= 15 is 0 Å². The van der Waals surface area contributed by atoms with Gasteiger partial charge >= 0.3 is 0 Å². The van der Waals surface area contributed by atoms with E-state index in [9.17, 15) is 4.79 Å². The van der Waals surface area contributed by atoms with Crippen molar-refractivity contribution >= 4 is 14.1 Å². The van der Waals surface area contributed by atoms with Gasteiger partial charge in [-0.15, -0.1) is 6.42 Å². The predicted molar refractivity (Wildman–Crippen MR) is 108 cm³/mol. The Morgan fingerprint density at radius 2 is 2.00 bits per heavy atom. The first-order valence-electron chi connectivity index (χ1n) is 10.3. The fourth-order valence-electron chi connectivity index (χ4n) is 6.61. The number of carbonyl (C=O) groups excluding carboxylic acids is 1. The van der Waals surface area contributed by atoms with Gasteiger partial charge in [-0.05, 0) is 87.1 Å². The molecule has 26 heavy (non-hydrogen) atoms. The molecule has 0 N–H and O–H groups in total. The number of fused-ring (bicyclic) bond motifs is 5. The normalized spacial score (nSPS) is 44.6. The molecular formula is C23H32O2Si. The van der Waals surface area contributed by atoms with Crippen molar-refractivity contribution in [1.82, 2.24) is 0 Å². The minimum absolute atomic E-state index is 0.0687. The molecule has 0 aromatic rings. The first-order chi connectivity index (χ1) is 12.2. The van der Waals surface area contributed by atoms with Crippen LogP contribution in [0, 0.1) is 41.4 Å². The van der Waals surface area contributed by atoms with Gasteiger partial charge in [-0.25, -0.2) is 0 Å². The number of hydrogen-bond acceptors (Lipinski definition) is 2. The minimum atomic E-state index is -1.73. The van der Waals surface area contributed by atoms with Gasteiger partial charge < -0.3 is 4.43 Å². The van der Waals surface area contributed by atoms with Crippen LogP contribution in [-0.4, -0.2) is 19.7 Å². The van der Waals surface area contributed by atoms with Crippen LogP contribution in [0.2, 0.25) is 19.6 Å². The number of ketones is 1. The molecule has 0 spiro atoms. The summed E-state index contributed by atoms with van der Waals surface area (Å²) in [6.07, 6.45) is 19.0. The van der Waals surface area contributed by atoms with E-state index < -0.39 is 8.32 Å². The van der Waals surface area contributed by atoms with Crippen LogP contribution in [0.15, 0.2) is 23.8 Å². The van der Waals surface area contributed by atoms with E-state index in [2.05, 4.69) is 44.6 Å². The van der Waals surface area contributed by atoms with Crippen LogP contribution >= 0.6 is 0 Å². The van der Waals surface area contributed by atoms with Crippen LogP contribution in [0.5, 0.6) is 0 Å². The summed E-state index contributed by atoms with van der Waals surface area (Å²) in [6, 6.07) is 0. The van der Waals surface area contributed by atoms with E-state index in [0.717, 1.165) is 25.7 Å². The van der Waals surface area contributed by atoms with Gasteiger partial charge in [0.1, 0.15) is 5.60 Å². The van der Waals surface area contributed by atoms with Gasteiger partial charge in [-0.2, -0.15) is 0 Å². The van der Waals surface area contributed by atoms with Gasteiger partial charge in [0.2, 0.25) is 0 Å². The van der Waals surface area contributed by atoms with Gasteiger partial charge in [0, 0.05) is 11.8 Å². The molecule has 0 aliphatic heterocycles. The first kappa shape index (κ1) is 18.3. The van der Waals surface area contributed by atoms with Crippen LogP contribution in [0.25, 0.3) is 0 Å². The Morgan fingerprint density at radius 1 is 1.23 bits per heavy atom. The molecule has 2 nitrogen and oxygen atoms in total. The second-order valence-electron chi connectivity index (χ2n) is 10.1. The van der Waals surface area contributed by atoms with Crippen molar-refractivity contribution in [3.63, 3.8) is 0 Å². The highest BCUT2D eigenvalue weighted by atomic mass is 28.4. The van der Waals surface area contributed by atoms with E-state index in [1.807, 2.05) is 6.08 Å². The Hall–Kier alpha value is -1.11. The van der Waals surface area contributed by atoms with Crippen molar-refractivity contribution in [2.45, 2.75) is 70.7 Å². The average Bonchev–Trinajstić information content (AvgIpc) is 2.86. The fourth-order valence-corrected chi connectivity index (χ4v) is 8.05. The van der Waals surface area contributed by atoms with Crippen LogP contribution in [0.1, 0.15) is 45.4 Å². The molecule has 140 valence electrons. The maximum Gasteiger partial charge on any atom is 0.185 e. The van der Waals surface area contributed by atoms with E-state index in [0.29, 0.717) is 29.5 Å². The summed E-state index contributed by atoms with van der Waals surface area (Å²) in [5.74, 6) is 5.91. The zero-order valence-corrected chi connectivity index (χ0v) is 17.7. The van der Waals surface area contributed by atoms with Crippen molar-refractivity contribution in [3.05, 3.63) is 23.8 Å². The molecule has 6 atom stereocenters. The van der Waals surface area contributed by atoms with Crippen molar-refractivity contribution in [3.8, 4) is 12.3 Å². The molecule has 2 saturated carbocycles. The van der Waals surface area contributed by atoms with Gasteiger partial charge in [0.25, 0.3) is 0 Å². The SMILES string of the molecule is C#C[C@@]1(O[Si](C)(C)C)CC[C@@H]2[C@@H]3C=CC4=CC(=O)CC[C@@H]4[C@@H]3CC[C@@]21C. The lowest BCUT2D eigenvalue weighted by molar-refractivity contribution is -0.115. The molecule has 3 heteroatoms. The Balaban J connectivity index is 1.68. The Morgan fingerprint density at radius 3 is 2.69 bits per heavy atom. The van der Waals surface area contributed by atoms with Gasteiger partial charge in [-0.3, -0.25) is 4.79 Å². The van der Waals surface area contributed by atoms with Gasteiger partial charge in [0.15, 0.2) is 14.1 Å². The number of allylic oxidation sites excluding steroid dienone is 4. The molecule has 2 fully saturated rings. The summed E-state index contributed by atoms with van der Waals surface area (Å²) in [5, 5.41) is 0. The van der Waals surface area contributed by atoms with Crippen molar-refractivity contribution < 1.29 is 9.22 Å². The zero-order chi connectivity index (χ0) is 18.7. The van der Waals surface area contributed by atoms with Crippen molar-refractivity contribution in [2.75, 3.05) is 0 Å². The number of hydrogen-bond donors (Lipinski definition) is 0.